The van der Waals surface area contributed by atoms with Gasteiger partial charge >= 0.3 is 0 Å². The third kappa shape index (κ3) is 2.31. The predicted octanol–water partition coefficient (Wildman–Crippen LogP) is 3.02. The molecular weight excluding hydrogens is 230 g/mol. The van der Waals surface area contributed by atoms with Crippen LogP contribution in [0.3, 0.4) is 0 Å². The highest BCUT2D eigenvalue weighted by Crippen LogP contribution is 2.35. The second-order valence-electron chi connectivity index (χ2n) is 4.01. The fraction of sp³-hybridized carbons (Fsp3) is 0.308. The van der Waals surface area contributed by atoms with Crippen LogP contribution in [0.4, 0.5) is 5.69 Å². The van der Waals surface area contributed by atoms with Crippen molar-refractivity contribution in [1.82, 2.24) is 9.78 Å². The number of hydrogen-bond acceptors (Lipinski definition) is 3. The molecule has 0 amide bonds. The van der Waals surface area contributed by atoms with Crippen molar-refractivity contribution in [2.75, 3.05) is 5.73 Å². The van der Waals surface area contributed by atoms with Crippen LogP contribution < -0.4 is 5.73 Å². The third-order valence-electron chi connectivity index (χ3n) is 2.74. The van der Waals surface area contributed by atoms with Crippen molar-refractivity contribution < 1.29 is 0 Å². The Balaban J connectivity index is 2.37. The molecule has 0 radical (unpaired) electrons. The molecule has 0 fully saturated rings. The largest absolute Gasteiger partial charge is 0.395 e. The van der Waals surface area contributed by atoms with Crippen molar-refractivity contribution in [3.63, 3.8) is 0 Å². The lowest BCUT2D eigenvalue weighted by Gasteiger charge is -2.06. The lowest BCUT2D eigenvalue weighted by Crippen LogP contribution is -1.94. The zero-order chi connectivity index (χ0) is 12.4. The first-order chi connectivity index (χ1) is 8.13. The molecule has 0 unspecified atom stereocenters. The molecule has 0 aliphatic carbocycles. The van der Waals surface area contributed by atoms with E-state index in [4.69, 9.17) is 5.73 Å². The molecule has 17 heavy (non-hydrogen) atoms. The molecule has 3 nitrogen and oxygen atoms in total. The van der Waals surface area contributed by atoms with Gasteiger partial charge in [0.2, 0.25) is 0 Å². The summed E-state index contributed by atoms with van der Waals surface area (Å²) in [7, 11) is 1.94. The molecule has 1 aromatic heterocycles. The minimum atomic E-state index is 0.809. The molecule has 0 saturated heterocycles. The lowest BCUT2D eigenvalue weighted by atomic mass is 10.2. The van der Waals surface area contributed by atoms with Gasteiger partial charge in [0.15, 0.2) is 0 Å². The molecule has 0 spiro atoms. The first-order valence-corrected chi connectivity index (χ1v) is 6.50. The van der Waals surface area contributed by atoms with E-state index in [0.29, 0.717) is 0 Å². The van der Waals surface area contributed by atoms with E-state index < -0.39 is 0 Å². The van der Waals surface area contributed by atoms with Crippen LogP contribution >= 0.6 is 11.8 Å². The van der Waals surface area contributed by atoms with E-state index in [-0.39, 0.29) is 0 Å². The smallest absolute Gasteiger partial charge is 0.122 e. The maximum Gasteiger partial charge on any atom is 0.122 e. The normalized spacial score (nSPS) is 10.8. The Morgan fingerprint density at radius 1 is 1.35 bits per heavy atom. The highest BCUT2D eigenvalue weighted by Gasteiger charge is 2.13. The number of rotatable bonds is 3. The van der Waals surface area contributed by atoms with E-state index in [0.717, 1.165) is 22.8 Å². The Morgan fingerprint density at radius 3 is 2.65 bits per heavy atom. The minimum absolute atomic E-state index is 0.809. The predicted molar refractivity (Wildman–Crippen MR) is 72.3 cm³/mol. The summed E-state index contributed by atoms with van der Waals surface area (Å²) in [6.07, 6.45) is 0.869. The summed E-state index contributed by atoms with van der Waals surface area (Å²) in [6.45, 7) is 4.18. The zero-order valence-electron chi connectivity index (χ0n) is 10.4. The topological polar surface area (TPSA) is 43.8 Å². The molecule has 90 valence electrons. The standard InChI is InChI=1S/C13H17N3S/c1-4-10-12(14)13(16(3)15-10)17-11-8-6-5-7-9(11)2/h5-8H,4,14H2,1-3H3. The van der Waals surface area contributed by atoms with E-state index in [1.807, 2.05) is 23.9 Å². The van der Waals surface area contributed by atoms with Crippen molar-refractivity contribution in [3.05, 3.63) is 35.5 Å². The molecular formula is C13H17N3S. The molecule has 2 N–H and O–H groups in total. The van der Waals surface area contributed by atoms with Crippen molar-refractivity contribution in [2.24, 2.45) is 7.05 Å². The van der Waals surface area contributed by atoms with Crippen LogP contribution in [0.1, 0.15) is 18.2 Å². The van der Waals surface area contributed by atoms with Crippen LogP contribution in [-0.2, 0) is 13.5 Å². The molecule has 0 aliphatic heterocycles. The van der Waals surface area contributed by atoms with E-state index in [2.05, 4.69) is 31.1 Å². The summed E-state index contributed by atoms with van der Waals surface area (Å²) in [5, 5.41) is 5.45. The third-order valence-corrected chi connectivity index (χ3v) is 4.10. The SMILES string of the molecule is CCc1nn(C)c(Sc2ccccc2C)c1N. The Morgan fingerprint density at radius 2 is 2.06 bits per heavy atom. The van der Waals surface area contributed by atoms with Crippen LogP contribution in [0.5, 0.6) is 0 Å². The number of aryl methyl sites for hydroxylation is 3. The van der Waals surface area contributed by atoms with Gasteiger partial charge < -0.3 is 5.73 Å². The van der Waals surface area contributed by atoms with Gasteiger partial charge in [-0.1, -0.05) is 36.9 Å². The zero-order valence-corrected chi connectivity index (χ0v) is 11.2. The van der Waals surface area contributed by atoms with Gasteiger partial charge in [-0.3, -0.25) is 4.68 Å². The molecule has 1 heterocycles. The molecule has 2 aromatic rings. The Kier molecular flexibility index (Phi) is 3.43. The Hall–Kier alpha value is -1.42. The van der Waals surface area contributed by atoms with Crippen LogP contribution in [0, 0.1) is 6.92 Å². The number of anilines is 1. The van der Waals surface area contributed by atoms with Crippen molar-refractivity contribution in [2.45, 2.75) is 30.2 Å². The number of nitrogens with two attached hydrogens (primary N) is 1. The second kappa shape index (κ2) is 4.84. The molecule has 1 aromatic carbocycles. The maximum atomic E-state index is 6.11. The number of aromatic nitrogens is 2. The molecule has 0 saturated carbocycles. The summed E-state index contributed by atoms with van der Waals surface area (Å²) >= 11 is 1.68. The molecule has 0 atom stereocenters. The number of nitrogens with zero attached hydrogens (tertiary/aromatic N) is 2. The summed E-state index contributed by atoms with van der Waals surface area (Å²) in [4.78, 5) is 1.23. The van der Waals surface area contributed by atoms with Crippen LogP contribution in [-0.4, -0.2) is 9.78 Å². The van der Waals surface area contributed by atoms with Gasteiger partial charge in [0, 0.05) is 11.9 Å². The van der Waals surface area contributed by atoms with Crippen LogP contribution in [0.15, 0.2) is 34.2 Å². The Labute approximate surface area is 106 Å². The molecule has 0 bridgehead atoms. The van der Waals surface area contributed by atoms with Gasteiger partial charge in [0.25, 0.3) is 0 Å². The number of nitrogen functional groups attached to an aromatic ring is 1. The summed E-state index contributed by atoms with van der Waals surface area (Å²) in [5.74, 6) is 0. The summed E-state index contributed by atoms with van der Waals surface area (Å²) in [5.41, 5.74) is 9.15. The van der Waals surface area contributed by atoms with Crippen molar-refractivity contribution in [3.8, 4) is 0 Å². The van der Waals surface area contributed by atoms with Crippen LogP contribution in [0.25, 0.3) is 0 Å². The summed E-state index contributed by atoms with van der Waals surface area (Å²) < 4.78 is 1.87. The van der Waals surface area contributed by atoms with Gasteiger partial charge in [-0.05, 0) is 25.0 Å². The molecule has 0 aliphatic rings. The van der Waals surface area contributed by atoms with Gasteiger partial charge in [0.1, 0.15) is 5.03 Å². The highest BCUT2D eigenvalue weighted by atomic mass is 32.2. The van der Waals surface area contributed by atoms with Gasteiger partial charge in [0.05, 0.1) is 11.4 Å². The van der Waals surface area contributed by atoms with Gasteiger partial charge in [-0.2, -0.15) is 5.10 Å². The number of hydrogen-bond donors (Lipinski definition) is 1. The fourth-order valence-corrected chi connectivity index (χ4v) is 2.72. The van der Waals surface area contributed by atoms with Crippen molar-refractivity contribution in [1.29, 1.82) is 0 Å². The van der Waals surface area contributed by atoms with Gasteiger partial charge in [-0.25, -0.2) is 0 Å². The maximum absolute atomic E-state index is 6.11. The molecule has 4 heteroatoms. The first kappa shape index (κ1) is 12.0. The van der Waals surface area contributed by atoms with E-state index in [1.54, 1.807) is 11.8 Å². The van der Waals surface area contributed by atoms with Gasteiger partial charge in [-0.15, -0.1) is 0 Å². The molecule has 2 rings (SSSR count). The van der Waals surface area contributed by atoms with Crippen LogP contribution in [0.2, 0.25) is 0 Å². The van der Waals surface area contributed by atoms with E-state index in [1.165, 1.54) is 10.5 Å². The highest BCUT2D eigenvalue weighted by molar-refractivity contribution is 7.99. The minimum Gasteiger partial charge on any atom is -0.395 e. The monoisotopic (exact) mass is 247 g/mol. The fourth-order valence-electron chi connectivity index (χ4n) is 1.74. The lowest BCUT2D eigenvalue weighted by molar-refractivity contribution is 0.687. The first-order valence-electron chi connectivity index (χ1n) is 5.68. The van der Waals surface area contributed by atoms with Crippen molar-refractivity contribution >= 4 is 17.4 Å². The average molecular weight is 247 g/mol. The van der Waals surface area contributed by atoms with E-state index >= 15 is 0 Å². The Bertz CT molecular complexity index is 531. The average Bonchev–Trinajstić information content (AvgIpc) is 2.59. The van der Waals surface area contributed by atoms with E-state index in [9.17, 15) is 0 Å². The summed E-state index contributed by atoms with van der Waals surface area (Å²) in [6, 6.07) is 8.31. The number of benzene rings is 1. The second-order valence-corrected chi connectivity index (χ2v) is 5.04. The quantitative estimate of drug-likeness (QED) is 0.906.